The average molecular weight is 461 g/mol. The zero-order valence-electron chi connectivity index (χ0n) is 19.8. The van der Waals surface area contributed by atoms with Gasteiger partial charge in [0.15, 0.2) is 0 Å². The molecule has 1 saturated heterocycles. The summed E-state index contributed by atoms with van der Waals surface area (Å²) in [6.45, 7) is 5.11. The smallest absolute Gasteiger partial charge is 0.246 e. The summed E-state index contributed by atoms with van der Waals surface area (Å²) in [5.74, 6) is 0.325. The van der Waals surface area contributed by atoms with Crippen LogP contribution in [-0.4, -0.2) is 52.1 Å². The van der Waals surface area contributed by atoms with E-state index < -0.39 is 0 Å². The molecule has 1 aliphatic rings. The van der Waals surface area contributed by atoms with Crippen molar-refractivity contribution in [2.45, 2.75) is 39.2 Å². The van der Waals surface area contributed by atoms with Crippen LogP contribution in [0.2, 0.25) is 0 Å². The highest BCUT2D eigenvalue weighted by Gasteiger charge is 2.25. The highest BCUT2D eigenvalue weighted by atomic mass is 16.5. The first-order valence-corrected chi connectivity index (χ1v) is 11.9. The maximum Gasteiger partial charge on any atom is 0.246 e. The predicted molar refractivity (Wildman–Crippen MR) is 133 cm³/mol. The van der Waals surface area contributed by atoms with E-state index in [1.807, 2.05) is 85.3 Å². The van der Waals surface area contributed by atoms with E-state index in [4.69, 9.17) is 9.72 Å². The number of nitrogens with one attached hydrogen (secondary N) is 1. The van der Waals surface area contributed by atoms with Gasteiger partial charge in [-0.15, -0.1) is 0 Å². The SMILES string of the molecule is CC(C)CC(=O)N(CC(=O)Nc1nc(-c2ccccc2)cn1-c1ccccc1)CC1CCCO1. The Morgan fingerprint density at radius 2 is 1.82 bits per heavy atom. The number of hydrogen-bond donors (Lipinski definition) is 1. The van der Waals surface area contributed by atoms with Crippen molar-refractivity contribution in [3.63, 3.8) is 0 Å². The van der Waals surface area contributed by atoms with Gasteiger partial charge in [-0.2, -0.15) is 0 Å². The standard InChI is InChI=1S/C27H32N4O3/c1-20(2)16-26(33)30(17-23-14-9-15-34-23)19-25(32)29-27-28-24(21-10-5-3-6-11-21)18-31(27)22-12-7-4-8-13-22/h3-8,10-13,18,20,23H,9,14-17,19H2,1-2H3,(H,28,29,32). The van der Waals surface area contributed by atoms with Crippen LogP contribution in [0.15, 0.2) is 66.9 Å². The van der Waals surface area contributed by atoms with Gasteiger partial charge in [0.2, 0.25) is 17.8 Å². The van der Waals surface area contributed by atoms with Gasteiger partial charge in [0.05, 0.1) is 11.8 Å². The van der Waals surface area contributed by atoms with Gasteiger partial charge in [-0.05, 0) is 30.9 Å². The summed E-state index contributed by atoms with van der Waals surface area (Å²) in [5, 5.41) is 2.94. The minimum atomic E-state index is -0.280. The van der Waals surface area contributed by atoms with Crippen molar-refractivity contribution < 1.29 is 14.3 Å². The quantitative estimate of drug-likeness (QED) is 0.509. The first kappa shape index (κ1) is 23.7. The molecule has 1 atom stereocenters. The lowest BCUT2D eigenvalue weighted by Crippen LogP contribution is -2.42. The summed E-state index contributed by atoms with van der Waals surface area (Å²) >= 11 is 0. The second-order valence-electron chi connectivity index (χ2n) is 9.08. The Labute approximate surface area is 200 Å². The fraction of sp³-hybridized carbons (Fsp3) is 0.370. The third-order valence-corrected chi connectivity index (χ3v) is 5.78. The van der Waals surface area contributed by atoms with Gasteiger partial charge in [-0.3, -0.25) is 19.5 Å². The first-order chi connectivity index (χ1) is 16.5. The van der Waals surface area contributed by atoms with Crippen molar-refractivity contribution >= 4 is 17.8 Å². The Hall–Kier alpha value is -3.45. The number of hydrogen-bond acceptors (Lipinski definition) is 4. The van der Waals surface area contributed by atoms with Gasteiger partial charge >= 0.3 is 0 Å². The molecular formula is C27H32N4O3. The molecule has 1 aliphatic heterocycles. The highest BCUT2D eigenvalue weighted by Crippen LogP contribution is 2.24. The molecule has 34 heavy (non-hydrogen) atoms. The number of anilines is 1. The molecule has 0 aliphatic carbocycles. The van der Waals surface area contributed by atoms with Crippen LogP contribution in [0.4, 0.5) is 5.95 Å². The normalized spacial score (nSPS) is 15.4. The molecule has 1 fully saturated rings. The fourth-order valence-electron chi connectivity index (χ4n) is 4.11. The maximum absolute atomic E-state index is 13.1. The van der Waals surface area contributed by atoms with Gasteiger partial charge in [-0.25, -0.2) is 4.98 Å². The molecular weight excluding hydrogens is 428 g/mol. The van der Waals surface area contributed by atoms with Crippen molar-refractivity contribution in [1.29, 1.82) is 0 Å². The first-order valence-electron chi connectivity index (χ1n) is 11.9. The Morgan fingerprint density at radius 1 is 1.12 bits per heavy atom. The van der Waals surface area contributed by atoms with Gasteiger partial charge in [0.1, 0.15) is 6.54 Å². The van der Waals surface area contributed by atoms with Crippen molar-refractivity contribution in [3.8, 4) is 16.9 Å². The molecule has 2 heterocycles. The molecule has 0 spiro atoms. The number of carbonyl (C=O) groups is 2. The molecule has 2 amide bonds. The number of imidazole rings is 1. The van der Waals surface area contributed by atoms with Crippen LogP contribution in [0.5, 0.6) is 0 Å². The summed E-state index contributed by atoms with van der Waals surface area (Å²) in [6.07, 6.45) is 4.19. The van der Waals surface area contributed by atoms with E-state index in [0.717, 1.165) is 29.8 Å². The molecule has 1 unspecified atom stereocenters. The summed E-state index contributed by atoms with van der Waals surface area (Å²) < 4.78 is 7.59. The third-order valence-electron chi connectivity index (χ3n) is 5.78. The molecule has 7 nitrogen and oxygen atoms in total. The number of benzene rings is 2. The number of rotatable bonds is 9. The summed E-state index contributed by atoms with van der Waals surface area (Å²) in [5.41, 5.74) is 2.60. The maximum atomic E-state index is 13.1. The molecule has 4 rings (SSSR count). The van der Waals surface area contributed by atoms with Crippen LogP contribution in [0, 0.1) is 5.92 Å². The van der Waals surface area contributed by atoms with E-state index in [1.54, 1.807) is 4.90 Å². The number of nitrogens with zero attached hydrogens (tertiary/aromatic N) is 3. The third kappa shape index (κ3) is 6.11. The predicted octanol–water partition coefficient (Wildman–Crippen LogP) is 4.53. The Bertz CT molecular complexity index is 1090. The summed E-state index contributed by atoms with van der Waals surface area (Å²) in [6, 6.07) is 19.6. The lowest BCUT2D eigenvalue weighted by atomic mass is 10.1. The van der Waals surface area contributed by atoms with Crippen LogP contribution in [-0.2, 0) is 14.3 Å². The second kappa shape index (κ2) is 11.1. The van der Waals surface area contributed by atoms with Crippen molar-refractivity contribution in [1.82, 2.24) is 14.5 Å². The topological polar surface area (TPSA) is 76.5 Å². The van der Waals surface area contributed by atoms with Crippen LogP contribution < -0.4 is 5.32 Å². The Balaban J connectivity index is 1.55. The van der Waals surface area contributed by atoms with Crippen LogP contribution in [0.3, 0.4) is 0 Å². The number of aromatic nitrogens is 2. The molecule has 2 aromatic carbocycles. The monoisotopic (exact) mass is 460 g/mol. The number of amides is 2. The highest BCUT2D eigenvalue weighted by molar-refractivity contribution is 5.94. The van der Waals surface area contributed by atoms with Crippen LogP contribution in [0.1, 0.15) is 33.1 Å². The van der Waals surface area contributed by atoms with E-state index >= 15 is 0 Å². The van der Waals surface area contributed by atoms with E-state index in [2.05, 4.69) is 5.32 Å². The van der Waals surface area contributed by atoms with E-state index in [9.17, 15) is 9.59 Å². The zero-order chi connectivity index (χ0) is 23.9. The lowest BCUT2D eigenvalue weighted by Gasteiger charge is -2.25. The molecule has 7 heteroatoms. The zero-order valence-corrected chi connectivity index (χ0v) is 19.8. The van der Waals surface area contributed by atoms with Gasteiger partial charge in [0.25, 0.3) is 0 Å². The van der Waals surface area contributed by atoms with Gasteiger partial charge in [0, 0.05) is 37.0 Å². The minimum absolute atomic E-state index is 0.0140. The van der Waals surface area contributed by atoms with E-state index in [1.165, 1.54) is 0 Å². The molecule has 0 saturated carbocycles. The van der Waals surface area contributed by atoms with Crippen molar-refractivity contribution in [3.05, 3.63) is 66.9 Å². The number of para-hydroxylation sites is 1. The summed E-state index contributed by atoms with van der Waals surface area (Å²) in [7, 11) is 0. The molecule has 0 radical (unpaired) electrons. The lowest BCUT2D eigenvalue weighted by molar-refractivity contribution is -0.136. The van der Waals surface area contributed by atoms with Gasteiger partial charge < -0.3 is 9.64 Å². The van der Waals surface area contributed by atoms with Crippen molar-refractivity contribution in [2.24, 2.45) is 5.92 Å². The Kier molecular flexibility index (Phi) is 7.75. The Morgan fingerprint density at radius 3 is 2.47 bits per heavy atom. The van der Waals surface area contributed by atoms with E-state index in [0.29, 0.717) is 25.5 Å². The van der Waals surface area contributed by atoms with Crippen molar-refractivity contribution in [2.75, 3.05) is 25.0 Å². The average Bonchev–Trinajstić information content (AvgIpc) is 3.49. The number of ether oxygens (including phenoxy) is 1. The second-order valence-corrected chi connectivity index (χ2v) is 9.08. The minimum Gasteiger partial charge on any atom is -0.376 e. The van der Waals surface area contributed by atoms with E-state index in [-0.39, 0.29) is 30.4 Å². The number of carbonyl (C=O) groups excluding carboxylic acids is 2. The fourth-order valence-corrected chi connectivity index (χ4v) is 4.11. The molecule has 1 N–H and O–H groups in total. The van der Waals surface area contributed by atoms with Crippen LogP contribution in [0.25, 0.3) is 16.9 Å². The largest absolute Gasteiger partial charge is 0.376 e. The van der Waals surface area contributed by atoms with Crippen LogP contribution >= 0.6 is 0 Å². The summed E-state index contributed by atoms with van der Waals surface area (Å²) in [4.78, 5) is 32.3. The van der Waals surface area contributed by atoms with Gasteiger partial charge in [-0.1, -0.05) is 62.4 Å². The molecule has 178 valence electrons. The molecule has 1 aromatic heterocycles. The molecule has 3 aromatic rings. The molecule has 0 bridgehead atoms.